The molecule has 2 rings (SSSR count). The van der Waals surface area contributed by atoms with E-state index < -0.39 is 0 Å². The minimum absolute atomic E-state index is 0.594. The summed E-state index contributed by atoms with van der Waals surface area (Å²) >= 11 is 0. The Labute approximate surface area is 100 Å². The molecule has 0 saturated heterocycles. The number of ether oxygens (including phenoxy) is 1. The molecule has 17 heavy (non-hydrogen) atoms. The SMILES string of the molecule is CCCNCCOc1ccc2nccnc2n1. The fourth-order valence-corrected chi connectivity index (χ4v) is 1.45. The van der Waals surface area contributed by atoms with Crippen molar-refractivity contribution in [2.24, 2.45) is 0 Å². The van der Waals surface area contributed by atoms with Gasteiger partial charge in [-0.25, -0.2) is 4.98 Å². The van der Waals surface area contributed by atoms with Crippen LogP contribution in [0.4, 0.5) is 0 Å². The lowest BCUT2D eigenvalue weighted by atomic mass is 10.4. The van der Waals surface area contributed by atoms with Crippen LogP contribution >= 0.6 is 0 Å². The van der Waals surface area contributed by atoms with Crippen molar-refractivity contribution in [1.29, 1.82) is 0 Å². The van der Waals surface area contributed by atoms with Gasteiger partial charge in [0.15, 0.2) is 5.65 Å². The van der Waals surface area contributed by atoms with Crippen molar-refractivity contribution >= 4 is 11.2 Å². The van der Waals surface area contributed by atoms with Crippen LogP contribution in [-0.2, 0) is 0 Å². The Balaban J connectivity index is 1.90. The second-order valence-electron chi connectivity index (χ2n) is 3.65. The molecule has 0 aliphatic rings. The van der Waals surface area contributed by atoms with E-state index in [0.29, 0.717) is 18.1 Å². The van der Waals surface area contributed by atoms with Crippen LogP contribution < -0.4 is 10.1 Å². The zero-order valence-corrected chi connectivity index (χ0v) is 9.89. The molecule has 0 radical (unpaired) electrons. The Morgan fingerprint density at radius 1 is 1.18 bits per heavy atom. The van der Waals surface area contributed by atoms with Crippen LogP contribution in [-0.4, -0.2) is 34.6 Å². The first-order chi connectivity index (χ1) is 8.40. The third kappa shape index (κ3) is 3.35. The van der Waals surface area contributed by atoms with E-state index in [0.717, 1.165) is 25.0 Å². The van der Waals surface area contributed by atoms with Crippen LogP contribution in [0.15, 0.2) is 24.5 Å². The fraction of sp³-hybridized carbons (Fsp3) is 0.417. The first-order valence-corrected chi connectivity index (χ1v) is 5.81. The molecule has 0 aromatic carbocycles. The average molecular weight is 232 g/mol. The summed E-state index contributed by atoms with van der Waals surface area (Å²) in [7, 11) is 0. The van der Waals surface area contributed by atoms with E-state index in [1.165, 1.54) is 0 Å². The van der Waals surface area contributed by atoms with E-state index >= 15 is 0 Å². The normalized spacial score (nSPS) is 10.6. The Hall–Kier alpha value is -1.75. The zero-order chi connectivity index (χ0) is 11.9. The first kappa shape index (κ1) is 11.7. The lowest BCUT2D eigenvalue weighted by molar-refractivity contribution is 0.303. The largest absolute Gasteiger partial charge is 0.476 e. The molecule has 2 aromatic heterocycles. The van der Waals surface area contributed by atoms with E-state index in [1.54, 1.807) is 12.4 Å². The monoisotopic (exact) mass is 232 g/mol. The molecule has 0 saturated carbocycles. The van der Waals surface area contributed by atoms with Crippen molar-refractivity contribution in [1.82, 2.24) is 20.3 Å². The molecule has 5 nitrogen and oxygen atoms in total. The summed E-state index contributed by atoms with van der Waals surface area (Å²) in [5, 5.41) is 3.26. The maximum absolute atomic E-state index is 5.52. The maximum atomic E-state index is 5.52. The number of hydrogen-bond donors (Lipinski definition) is 1. The highest BCUT2D eigenvalue weighted by atomic mass is 16.5. The second kappa shape index (κ2) is 6.10. The fourth-order valence-electron chi connectivity index (χ4n) is 1.45. The zero-order valence-electron chi connectivity index (χ0n) is 9.89. The number of nitrogens with zero attached hydrogens (tertiary/aromatic N) is 3. The van der Waals surface area contributed by atoms with Crippen molar-refractivity contribution in [3.05, 3.63) is 24.5 Å². The van der Waals surface area contributed by atoms with Crippen LogP contribution in [0, 0.1) is 0 Å². The first-order valence-electron chi connectivity index (χ1n) is 5.81. The molecule has 1 N–H and O–H groups in total. The van der Waals surface area contributed by atoms with Gasteiger partial charge in [-0.1, -0.05) is 6.92 Å². The van der Waals surface area contributed by atoms with Gasteiger partial charge in [0.05, 0.1) is 0 Å². The van der Waals surface area contributed by atoms with Gasteiger partial charge in [-0.3, -0.25) is 4.98 Å². The quantitative estimate of drug-likeness (QED) is 0.763. The number of aromatic nitrogens is 3. The van der Waals surface area contributed by atoms with Crippen molar-refractivity contribution < 1.29 is 4.74 Å². The van der Waals surface area contributed by atoms with Gasteiger partial charge < -0.3 is 10.1 Å². The molecule has 90 valence electrons. The summed E-state index contributed by atoms with van der Waals surface area (Å²) in [5.41, 5.74) is 1.40. The van der Waals surface area contributed by atoms with Crippen LogP contribution in [0.25, 0.3) is 11.2 Å². The smallest absolute Gasteiger partial charge is 0.215 e. The van der Waals surface area contributed by atoms with Crippen molar-refractivity contribution in [2.45, 2.75) is 13.3 Å². The highest BCUT2D eigenvalue weighted by Gasteiger charge is 2.00. The molecule has 0 atom stereocenters. The number of nitrogens with one attached hydrogen (secondary N) is 1. The van der Waals surface area contributed by atoms with Crippen LogP contribution in [0.5, 0.6) is 5.88 Å². The molecule has 0 unspecified atom stereocenters. The number of hydrogen-bond acceptors (Lipinski definition) is 5. The number of pyridine rings is 1. The molecule has 2 aromatic rings. The highest BCUT2D eigenvalue weighted by Crippen LogP contribution is 2.11. The summed E-state index contributed by atoms with van der Waals surface area (Å²) in [6.45, 7) is 4.59. The predicted octanol–water partition coefficient (Wildman–Crippen LogP) is 1.40. The van der Waals surface area contributed by atoms with Crippen LogP contribution in [0.3, 0.4) is 0 Å². The molecule has 0 spiro atoms. The summed E-state index contributed by atoms with van der Waals surface area (Å²) in [6.07, 6.45) is 4.41. The highest BCUT2D eigenvalue weighted by molar-refractivity contribution is 5.69. The third-order valence-corrected chi connectivity index (χ3v) is 2.26. The second-order valence-corrected chi connectivity index (χ2v) is 3.65. The van der Waals surface area contributed by atoms with Crippen LogP contribution in [0.2, 0.25) is 0 Å². The molecule has 0 aliphatic carbocycles. The van der Waals surface area contributed by atoms with Crippen molar-refractivity contribution in [3.63, 3.8) is 0 Å². The van der Waals surface area contributed by atoms with E-state index in [2.05, 4.69) is 27.2 Å². The summed E-state index contributed by atoms with van der Waals surface area (Å²) in [5.74, 6) is 0.594. The van der Waals surface area contributed by atoms with Crippen molar-refractivity contribution in [3.8, 4) is 5.88 Å². The van der Waals surface area contributed by atoms with E-state index in [-0.39, 0.29) is 0 Å². The van der Waals surface area contributed by atoms with E-state index in [9.17, 15) is 0 Å². The Bertz CT molecular complexity index is 475. The van der Waals surface area contributed by atoms with Crippen molar-refractivity contribution in [2.75, 3.05) is 19.7 Å². The Morgan fingerprint density at radius 3 is 2.94 bits per heavy atom. The molecule has 0 fully saturated rings. The van der Waals surface area contributed by atoms with E-state index in [4.69, 9.17) is 4.74 Å². The molecule has 5 heteroatoms. The molecular formula is C12H16N4O. The lowest BCUT2D eigenvalue weighted by Crippen LogP contribution is -2.21. The maximum Gasteiger partial charge on any atom is 0.215 e. The van der Waals surface area contributed by atoms with Gasteiger partial charge >= 0.3 is 0 Å². The van der Waals surface area contributed by atoms with Gasteiger partial charge in [0, 0.05) is 25.0 Å². The molecular weight excluding hydrogens is 216 g/mol. The molecule has 0 aliphatic heterocycles. The topological polar surface area (TPSA) is 59.9 Å². The number of fused-ring (bicyclic) bond motifs is 1. The standard InChI is InChI=1S/C12H16N4O/c1-2-5-13-8-9-17-11-4-3-10-12(16-11)15-7-6-14-10/h3-4,6-7,13H,2,5,8-9H2,1H3. The minimum Gasteiger partial charge on any atom is -0.476 e. The van der Waals surface area contributed by atoms with Gasteiger partial charge in [-0.2, -0.15) is 4.98 Å². The Morgan fingerprint density at radius 2 is 2.06 bits per heavy atom. The van der Waals surface area contributed by atoms with Gasteiger partial charge in [0.25, 0.3) is 0 Å². The lowest BCUT2D eigenvalue weighted by Gasteiger charge is -2.06. The molecule has 0 amide bonds. The third-order valence-electron chi connectivity index (χ3n) is 2.26. The average Bonchev–Trinajstić information content (AvgIpc) is 2.38. The molecule has 2 heterocycles. The molecule has 0 bridgehead atoms. The Kier molecular flexibility index (Phi) is 4.21. The van der Waals surface area contributed by atoms with Crippen LogP contribution in [0.1, 0.15) is 13.3 Å². The summed E-state index contributed by atoms with van der Waals surface area (Å²) < 4.78 is 5.52. The van der Waals surface area contributed by atoms with Gasteiger partial charge in [-0.05, 0) is 19.0 Å². The van der Waals surface area contributed by atoms with E-state index in [1.807, 2.05) is 12.1 Å². The minimum atomic E-state index is 0.594. The number of rotatable bonds is 6. The predicted molar refractivity (Wildman–Crippen MR) is 66.0 cm³/mol. The van der Waals surface area contributed by atoms with Gasteiger partial charge in [-0.15, -0.1) is 0 Å². The summed E-state index contributed by atoms with van der Waals surface area (Å²) in [4.78, 5) is 12.5. The summed E-state index contributed by atoms with van der Waals surface area (Å²) in [6, 6.07) is 3.68. The van der Waals surface area contributed by atoms with Gasteiger partial charge in [0.2, 0.25) is 5.88 Å². The van der Waals surface area contributed by atoms with Gasteiger partial charge in [0.1, 0.15) is 12.1 Å².